The molecule has 18 heavy (non-hydrogen) atoms. The first kappa shape index (κ1) is 13.8. The van der Waals surface area contributed by atoms with Crippen LogP contribution in [0.3, 0.4) is 0 Å². The zero-order chi connectivity index (χ0) is 13.1. The number of amides is 1. The fourth-order valence-corrected chi connectivity index (χ4v) is 3.20. The summed E-state index contributed by atoms with van der Waals surface area (Å²) in [6, 6.07) is 0.533. The second-order valence-corrected chi connectivity index (χ2v) is 6.17. The quantitative estimate of drug-likeness (QED) is 0.692. The van der Waals surface area contributed by atoms with E-state index in [1.165, 1.54) is 0 Å². The van der Waals surface area contributed by atoms with Crippen molar-refractivity contribution in [2.24, 2.45) is 17.6 Å². The molecule has 2 aliphatic rings. The summed E-state index contributed by atoms with van der Waals surface area (Å²) in [6.07, 6.45) is 6.10. The van der Waals surface area contributed by atoms with Crippen LogP contribution < -0.4 is 11.1 Å². The fraction of sp³-hybridized carbons (Fsp3) is 0.929. The number of carbonyl (C=O) groups excluding carboxylic acids is 1. The van der Waals surface area contributed by atoms with E-state index in [1.54, 1.807) is 0 Å². The van der Waals surface area contributed by atoms with Crippen LogP contribution in [0.1, 0.15) is 51.9 Å². The molecule has 2 rings (SSSR count). The van der Waals surface area contributed by atoms with Crippen molar-refractivity contribution in [1.29, 1.82) is 0 Å². The lowest BCUT2D eigenvalue weighted by atomic mass is 9.78. The van der Waals surface area contributed by atoms with E-state index >= 15 is 0 Å². The Morgan fingerprint density at radius 3 is 2.44 bits per heavy atom. The lowest BCUT2D eigenvalue weighted by molar-refractivity contribution is -0.127. The second kappa shape index (κ2) is 6.02. The Labute approximate surface area is 109 Å². The average Bonchev–Trinajstić information content (AvgIpc) is 2.35. The third-order valence-corrected chi connectivity index (χ3v) is 4.65. The van der Waals surface area contributed by atoms with Gasteiger partial charge in [0.25, 0.3) is 0 Å². The van der Waals surface area contributed by atoms with E-state index in [0.717, 1.165) is 44.9 Å². The number of aliphatic hydroxyl groups is 1. The van der Waals surface area contributed by atoms with Gasteiger partial charge >= 0.3 is 0 Å². The van der Waals surface area contributed by atoms with Crippen molar-refractivity contribution < 1.29 is 9.90 Å². The van der Waals surface area contributed by atoms with Gasteiger partial charge in [0.15, 0.2) is 0 Å². The van der Waals surface area contributed by atoms with Crippen LogP contribution in [0.25, 0.3) is 0 Å². The maximum atomic E-state index is 12.2. The molecule has 4 heteroatoms. The Morgan fingerprint density at radius 1 is 1.17 bits per heavy atom. The number of carbonyl (C=O) groups is 1. The molecule has 0 heterocycles. The van der Waals surface area contributed by atoms with Crippen LogP contribution in [0.15, 0.2) is 0 Å². The highest BCUT2D eigenvalue weighted by atomic mass is 16.3. The molecule has 0 bridgehead atoms. The van der Waals surface area contributed by atoms with Crippen LogP contribution in [-0.4, -0.2) is 29.2 Å². The number of hydrogen-bond acceptors (Lipinski definition) is 3. The van der Waals surface area contributed by atoms with Crippen molar-refractivity contribution in [2.45, 2.75) is 70.1 Å². The minimum Gasteiger partial charge on any atom is -0.393 e. The summed E-state index contributed by atoms with van der Waals surface area (Å²) in [4.78, 5) is 12.2. The molecule has 0 aliphatic heterocycles. The molecule has 4 N–H and O–H groups in total. The first-order valence-corrected chi connectivity index (χ1v) is 7.30. The first-order valence-electron chi connectivity index (χ1n) is 7.30. The largest absolute Gasteiger partial charge is 0.393 e. The van der Waals surface area contributed by atoms with Gasteiger partial charge in [-0.15, -0.1) is 0 Å². The van der Waals surface area contributed by atoms with Crippen LogP contribution >= 0.6 is 0 Å². The number of nitrogens with one attached hydrogen (secondary N) is 1. The highest BCUT2D eigenvalue weighted by Crippen LogP contribution is 2.28. The van der Waals surface area contributed by atoms with Gasteiger partial charge in [-0.05, 0) is 50.9 Å². The van der Waals surface area contributed by atoms with Crippen molar-refractivity contribution in [3.63, 3.8) is 0 Å². The molecule has 4 nitrogen and oxygen atoms in total. The number of nitrogens with two attached hydrogens (primary N) is 1. The van der Waals surface area contributed by atoms with E-state index in [0.29, 0.717) is 5.92 Å². The monoisotopic (exact) mass is 254 g/mol. The maximum absolute atomic E-state index is 12.2. The van der Waals surface area contributed by atoms with E-state index in [2.05, 4.69) is 12.2 Å². The third-order valence-electron chi connectivity index (χ3n) is 4.65. The molecular formula is C14H26N2O2. The minimum atomic E-state index is -0.161. The first-order chi connectivity index (χ1) is 8.56. The minimum absolute atomic E-state index is 0.145. The van der Waals surface area contributed by atoms with E-state index in [-0.39, 0.29) is 30.0 Å². The summed E-state index contributed by atoms with van der Waals surface area (Å²) in [5.41, 5.74) is 5.98. The van der Waals surface area contributed by atoms with E-state index < -0.39 is 0 Å². The fourth-order valence-electron chi connectivity index (χ4n) is 3.20. The van der Waals surface area contributed by atoms with Crippen LogP contribution in [0.5, 0.6) is 0 Å². The summed E-state index contributed by atoms with van der Waals surface area (Å²) in [6.45, 7) is 2.14. The lowest BCUT2D eigenvalue weighted by Crippen LogP contribution is -2.45. The molecule has 1 amide bonds. The van der Waals surface area contributed by atoms with Gasteiger partial charge in [-0.25, -0.2) is 0 Å². The summed E-state index contributed by atoms with van der Waals surface area (Å²) in [7, 11) is 0. The normalized spacial score (nSPS) is 41.4. The molecule has 3 atom stereocenters. The maximum Gasteiger partial charge on any atom is 0.223 e. The number of hydrogen-bond donors (Lipinski definition) is 3. The van der Waals surface area contributed by atoms with Crippen molar-refractivity contribution in [2.75, 3.05) is 0 Å². The Kier molecular flexibility index (Phi) is 4.62. The Morgan fingerprint density at radius 2 is 1.83 bits per heavy atom. The molecule has 0 aromatic rings. The molecule has 2 fully saturated rings. The average molecular weight is 254 g/mol. The molecule has 0 aromatic carbocycles. The zero-order valence-electron chi connectivity index (χ0n) is 11.3. The van der Waals surface area contributed by atoms with Gasteiger partial charge in [-0.3, -0.25) is 4.79 Å². The van der Waals surface area contributed by atoms with Gasteiger partial charge in [0, 0.05) is 18.0 Å². The molecule has 0 aromatic heterocycles. The second-order valence-electron chi connectivity index (χ2n) is 6.17. The van der Waals surface area contributed by atoms with E-state index in [1.807, 2.05) is 0 Å². The topological polar surface area (TPSA) is 75.3 Å². The van der Waals surface area contributed by atoms with E-state index in [4.69, 9.17) is 5.73 Å². The lowest BCUT2D eigenvalue weighted by Gasteiger charge is -2.33. The summed E-state index contributed by atoms with van der Waals surface area (Å²) >= 11 is 0. The van der Waals surface area contributed by atoms with Crippen molar-refractivity contribution in [3.05, 3.63) is 0 Å². The van der Waals surface area contributed by atoms with Crippen LogP contribution in [0, 0.1) is 11.8 Å². The van der Waals surface area contributed by atoms with Gasteiger partial charge < -0.3 is 16.2 Å². The Hall–Kier alpha value is -0.610. The molecule has 2 aliphatic carbocycles. The summed E-state index contributed by atoms with van der Waals surface area (Å²) < 4.78 is 0. The van der Waals surface area contributed by atoms with Gasteiger partial charge in [0.1, 0.15) is 0 Å². The van der Waals surface area contributed by atoms with Crippen LogP contribution in [0.2, 0.25) is 0 Å². The molecule has 104 valence electrons. The van der Waals surface area contributed by atoms with E-state index in [9.17, 15) is 9.90 Å². The van der Waals surface area contributed by atoms with Gasteiger partial charge in [-0.2, -0.15) is 0 Å². The summed E-state index contributed by atoms with van der Waals surface area (Å²) in [5.74, 6) is 0.796. The molecule has 0 saturated heterocycles. The highest BCUT2D eigenvalue weighted by molar-refractivity contribution is 5.79. The smallest absolute Gasteiger partial charge is 0.223 e. The Balaban J connectivity index is 1.78. The van der Waals surface area contributed by atoms with Crippen LogP contribution in [-0.2, 0) is 4.79 Å². The van der Waals surface area contributed by atoms with Crippen LogP contribution in [0.4, 0.5) is 0 Å². The van der Waals surface area contributed by atoms with Crippen molar-refractivity contribution in [3.8, 4) is 0 Å². The molecule has 3 unspecified atom stereocenters. The molecule has 0 spiro atoms. The predicted molar refractivity (Wildman–Crippen MR) is 70.9 cm³/mol. The summed E-state index contributed by atoms with van der Waals surface area (Å²) in [5, 5.41) is 12.6. The standard InChI is InChI=1S/C14H26N2O2/c1-9-8-10(2-7-13(9)15)14(18)16-11-3-5-12(17)6-4-11/h9-13,17H,2-8,15H2,1H3,(H,16,18). The predicted octanol–water partition coefficient (Wildman–Crippen LogP) is 1.17. The number of aliphatic hydroxyl groups excluding tert-OH is 1. The zero-order valence-corrected chi connectivity index (χ0v) is 11.3. The molecular weight excluding hydrogens is 228 g/mol. The van der Waals surface area contributed by atoms with Crippen molar-refractivity contribution in [1.82, 2.24) is 5.32 Å². The SMILES string of the molecule is CC1CC(C(=O)NC2CCC(O)CC2)CCC1N. The molecule has 0 radical (unpaired) electrons. The number of rotatable bonds is 2. The molecule has 2 saturated carbocycles. The van der Waals surface area contributed by atoms with Gasteiger partial charge in [0.2, 0.25) is 5.91 Å². The van der Waals surface area contributed by atoms with Crippen molar-refractivity contribution >= 4 is 5.91 Å². The third kappa shape index (κ3) is 3.45. The Bertz CT molecular complexity index is 288. The highest BCUT2D eigenvalue weighted by Gasteiger charge is 2.31. The van der Waals surface area contributed by atoms with Gasteiger partial charge in [0.05, 0.1) is 6.10 Å². The van der Waals surface area contributed by atoms with Gasteiger partial charge in [-0.1, -0.05) is 6.92 Å².